The number of carbonyl (C=O) groups excluding carboxylic acids is 2. The maximum Gasteiger partial charge on any atom is 0.257 e. The van der Waals surface area contributed by atoms with Gasteiger partial charge in [0.1, 0.15) is 5.75 Å². The predicted molar refractivity (Wildman–Crippen MR) is 77.6 cm³/mol. The molecule has 0 aliphatic rings. The number of ether oxygens (including phenoxy) is 1. The van der Waals surface area contributed by atoms with E-state index in [-0.39, 0.29) is 18.4 Å². The summed E-state index contributed by atoms with van der Waals surface area (Å²) < 4.78 is 4.64. The van der Waals surface area contributed by atoms with Crippen molar-refractivity contribution >= 4 is 33.4 Å². The molecule has 0 aromatic heterocycles. The van der Waals surface area contributed by atoms with Crippen LogP contribution in [-0.4, -0.2) is 29.8 Å². The molecule has 2 N–H and O–H groups in total. The molecular formula is C13H17BrN2O3. The van der Waals surface area contributed by atoms with Crippen molar-refractivity contribution in [2.75, 3.05) is 19.0 Å². The van der Waals surface area contributed by atoms with Crippen molar-refractivity contribution < 1.29 is 14.3 Å². The van der Waals surface area contributed by atoms with E-state index in [9.17, 15) is 9.59 Å². The van der Waals surface area contributed by atoms with Crippen molar-refractivity contribution in [3.8, 4) is 5.75 Å². The predicted octanol–water partition coefficient (Wildman–Crippen LogP) is 1.92. The normalized spacial score (nSPS) is 10.7. The fourth-order valence-corrected chi connectivity index (χ4v) is 1.26. The maximum atomic E-state index is 11.8. The third-order valence-corrected chi connectivity index (χ3v) is 2.64. The quantitative estimate of drug-likeness (QED) is 0.811. The fourth-order valence-electron chi connectivity index (χ4n) is 1.16. The van der Waals surface area contributed by atoms with Gasteiger partial charge in [-0.3, -0.25) is 9.59 Å². The molecule has 1 aromatic carbocycles. The van der Waals surface area contributed by atoms with Gasteiger partial charge in [0.2, 0.25) is 5.91 Å². The summed E-state index contributed by atoms with van der Waals surface area (Å²) in [5.41, 5.74) is 0.618. The van der Waals surface area contributed by atoms with E-state index in [0.29, 0.717) is 11.4 Å². The van der Waals surface area contributed by atoms with Crippen LogP contribution in [0.5, 0.6) is 5.75 Å². The molecule has 2 amide bonds. The number of nitrogens with one attached hydrogen (secondary N) is 2. The number of alkyl halides is 1. The summed E-state index contributed by atoms with van der Waals surface area (Å²) in [6, 6.07) is 6.89. The lowest BCUT2D eigenvalue weighted by atomic mass is 10.2. The van der Waals surface area contributed by atoms with Gasteiger partial charge < -0.3 is 15.4 Å². The van der Waals surface area contributed by atoms with Gasteiger partial charge in [-0.2, -0.15) is 0 Å². The van der Waals surface area contributed by atoms with E-state index < -0.39 is 4.32 Å². The molecule has 0 aliphatic carbocycles. The molecule has 1 rings (SSSR count). The average Bonchev–Trinajstić information content (AvgIpc) is 2.35. The minimum Gasteiger partial charge on any atom is -0.484 e. The number of rotatable bonds is 5. The van der Waals surface area contributed by atoms with Crippen molar-refractivity contribution in [3.05, 3.63) is 24.3 Å². The molecule has 19 heavy (non-hydrogen) atoms. The second-order valence-electron chi connectivity index (χ2n) is 4.42. The van der Waals surface area contributed by atoms with Crippen LogP contribution >= 0.6 is 15.9 Å². The van der Waals surface area contributed by atoms with Crippen LogP contribution in [0.4, 0.5) is 5.69 Å². The highest BCUT2D eigenvalue weighted by molar-refractivity contribution is 9.10. The zero-order valence-corrected chi connectivity index (χ0v) is 12.7. The Kier molecular flexibility index (Phi) is 5.35. The van der Waals surface area contributed by atoms with Crippen LogP contribution in [0.2, 0.25) is 0 Å². The Morgan fingerprint density at radius 1 is 1.37 bits per heavy atom. The van der Waals surface area contributed by atoms with Gasteiger partial charge in [-0.05, 0) is 26.0 Å². The number of carbonyl (C=O) groups is 2. The van der Waals surface area contributed by atoms with Crippen molar-refractivity contribution in [2.24, 2.45) is 0 Å². The molecule has 0 bridgehead atoms. The first-order valence-electron chi connectivity index (χ1n) is 5.76. The summed E-state index contributed by atoms with van der Waals surface area (Å²) in [6.07, 6.45) is 0. The van der Waals surface area contributed by atoms with Crippen molar-refractivity contribution in [1.82, 2.24) is 5.32 Å². The van der Waals surface area contributed by atoms with Crippen LogP contribution in [0.15, 0.2) is 24.3 Å². The highest BCUT2D eigenvalue weighted by atomic mass is 79.9. The number of halogens is 1. The lowest BCUT2D eigenvalue weighted by molar-refractivity contribution is -0.122. The first kappa shape index (κ1) is 15.5. The SMILES string of the molecule is CNC(=O)COc1cccc(NC(=O)C(C)(C)Br)c1. The van der Waals surface area contributed by atoms with Crippen molar-refractivity contribution in [2.45, 2.75) is 18.2 Å². The summed E-state index contributed by atoms with van der Waals surface area (Å²) in [5.74, 6) is 0.153. The van der Waals surface area contributed by atoms with Gasteiger partial charge in [0.05, 0.1) is 4.32 Å². The molecule has 6 heteroatoms. The minimum absolute atomic E-state index is 0.0577. The zero-order valence-electron chi connectivity index (χ0n) is 11.1. The Balaban J connectivity index is 2.67. The van der Waals surface area contributed by atoms with E-state index in [0.717, 1.165) is 0 Å². The van der Waals surface area contributed by atoms with Gasteiger partial charge >= 0.3 is 0 Å². The maximum absolute atomic E-state index is 11.8. The summed E-state index contributed by atoms with van der Waals surface area (Å²) in [5, 5.41) is 5.22. The molecule has 104 valence electrons. The van der Waals surface area contributed by atoms with E-state index in [1.54, 1.807) is 45.2 Å². The first-order valence-corrected chi connectivity index (χ1v) is 6.56. The molecule has 0 spiro atoms. The van der Waals surface area contributed by atoms with E-state index >= 15 is 0 Å². The third-order valence-electron chi connectivity index (χ3n) is 2.28. The Morgan fingerprint density at radius 3 is 2.63 bits per heavy atom. The van der Waals surface area contributed by atoms with Crippen molar-refractivity contribution in [3.63, 3.8) is 0 Å². The molecule has 0 unspecified atom stereocenters. The van der Waals surface area contributed by atoms with Crippen LogP contribution in [-0.2, 0) is 9.59 Å². The van der Waals surface area contributed by atoms with E-state index in [1.807, 2.05) is 0 Å². The van der Waals surface area contributed by atoms with Crippen LogP contribution in [0, 0.1) is 0 Å². The largest absolute Gasteiger partial charge is 0.484 e. The number of hydrogen-bond donors (Lipinski definition) is 2. The van der Waals surface area contributed by atoms with Crippen LogP contribution in [0.3, 0.4) is 0 Å². The van der Waals surface area contributed by atoms with Gasteiger partial charge in [0.15, 0.2) is 6.61 Å². The number of anilines is 1. The Labute approximate surface area is 120 Å². The highest BCUT2D eigenvalue weighted by Crippen LogP contribution is 2.21. The topological polar surface area (TPSA) is 67.4 Å². The van der Waals surface area contributed by atoms with E-state index in [2.05, 4.69) is 26.6 Å². The molecule has 0 saturated heterocycles. The molecule has 5 nitrogen and oxygen atoms in total. The molecule has 0 saturated carbocycles. The van der Waals surface area contributed by atoms with Gasteiger partial charge in [0.25, 0.3) is 5.91 Å². The van der Waals surface area contributed by atoms with Crippen LogP contribution in [0.1, 0.15) is 13.8 Å². The monoisotopic (exact) mass is 328 g/mol. The molecule has 0 atom stereocenters. The third kappa shape index (κ3) is 5.30. The number of hydrogen-bond acceptors (Lipinski definition) is 3. The molecule has 0 aliphatic heterocycles. The van der Waals surface area contributed by atoms with E-state index in [1.165, 1.54) is 0 Å². The second-order valence-corrected chi connectivity index (χ2v) is 6.40. The second kappa shape index (κ2) is 6.56. The van der Waals surface area contributed by atoms with Crippen LogP contribution < -0.4 is 15.4 Å². The molecule has 0 radical (unpaired) electrons. The minimum atomic E-state index is -0.647. The molecule has 0 heterocycles. The van der Waals surface area contributed by atoms with E-state index in [4.69, 9.17) is 4.74 Å². The van der Waals surface area contributed by atoms with Gasteiger partial charge in [-0.15, -0.1) is 0 Å². The Bertz CT molecular complexity index is 469. The summed E-state index contributed by atoms with van der Waals surface area (Å²) in [6.45, 7) is 3.46. The standard InChI is InChI=1S/C13H17BrN2O3/c1-13(2,14)12(18)16-9-5-4-6-10(7-9)19-8-11(17)15-3/h4-7H,8H2,1-3H3,(H,15,17)(H,16,18). The van der Waals surface area contributed by atoms with Crippen LogP contribution in [0.25, 0.3) is 0 Å². The highest BCUT2D eigenvalue weighted by Gasteiger charge is 2.23. The first-order chi connectivity index (χ1) is 8.82. The molecular weight excluding hydrogens is 312 g/mol. The lowest BCUT2D eigenvalue weighted by Gasteiger charge is -2.16. The molecule has 0 fully saturated rings. The lowest BCUT2D eigenvalue weighted by Crippen LogP contribution is -2.30. The smallest absolute Gasteiger partial charge is 0.257 e. The number of likely N-dealkylation sites (N-methyl/N-ethyl adjacent to an activating group) is 1. The fraction of sp³-hybridized carbons (Fsp3) is 0.385. The molecule has 1 aromatic rings. The summed E-state index contributed by atoms with van der Waals surface area (Å²) in [7, 11) is 1.54. The van der Waals surface area contributed by atoms with Crippen molar-refractivity contribution in [1.29, 1.82) is 0 Å². The van der Waals surface area contributed by atoms with Gasteiger partial charge in [-0.25, -0.2) is 0 Å². The van der Waals surface area contributed by atoms with Gasteiger partial charge in [0, 0.05) is 18.8 Å². The summed E-state index contributed by atoms with van der Waals surface area (Å²) in [4.78, 5) is 22.9. The Hall–Kier alpha value is -1.56. The summed E-state index contributed by atoms with van der Waals surface area (Å²) >= 11 is 3.28. The number of amides is 2. The Morgan fingerprint density at radius 2 is 2.05 bits per heavy atom. The number of benzene rings is 1. The average molecular weight is 329 g/mol. The van der Waals surface area contributed by atoms with Gasteiger partial charge in [-0.1, -0.05) is 22.0 Å². The zero-order chi connectivity index (χ0) is 14.5.